The molecule has 10 heteroatoms. The second kappa shape index (κ2) is 7.23. The van der Waals surface area contributed by atoms with E-state index in [9.17, 15) is 19.3 Å². The normalized spacial score (nSPS) is 12.6. The Bertz CT molecular complexity index is 1120. The molecule has 9 nitrogen and oxygen atoms in total. The van der Waals surface area contributed by atoms with E-state index < -0.39 is 16.8 Å². The molecule has 1 aromatic carbocycles. The third kappa shape index (κ3) is 3.72. The molecule has 3 heterocycles. The van der Waals surface area contributed by atoms with Crippen molar-refractivity contribution in [1.29, 1.82) is 0 Å². The van der Waals surface area contributed by atoms with Crippen LogP contribution in [-0.2, 0) is 13.1 Å². The second-order valence-corrected chi connectivity index (χ2v) is 6.50. The minimum absolute atomic E-state index is 0.181. The van der Waals surface area contributed by atoms with E-state index in [1.165, 1.54) is 41.3 Å². The number of rotatable bonds is 3. The molecule has 0 bridgehead atoms. The first kappa shape index (κ1) is 18.4. The molecule has 1 N–H and O–H groups in total. The maximum atomic E-state index is 13.2. The number of hydrogen-bond donors (Lipinski definition) is 1. The number of fused-ring (bicyclic) bond motifs is 1. The summed E-state index contributed by atoms with van der Waals surface area (Å²) in [6.07, 6.45) is 1.67. The summed E-state index contributed by atoms with van der Waals surface area (Å²) in [5.74, 6) is 0.0199. The Kier molecular flexibility index (Phi) is 4.59. The van der Waals surface area contributed by atoms with Crippen LogP contribution in [0.1, 0.15) is 17.1 Å². The second-order valence-electron chi connectivity index (χ2n) is 6.50. The van der Waals surface area contributed by atoms with Crippen molar-refractivity contribution in [2.75, 3.05) is 5.32 Å². The quantitative estimate of drug-likeness (QED) is 0.538. The van der Waals surface area contributed by atoms with Crippen LogP contribution < -0.4 is 5.32 Å². The molecule has 0 unspecified atom stereocenters. The first-order valence-electron chi connectivity index (χ1n) is 8.69. The summed E-state index contributed by atoms with van der Waals surface area (Å²) >= 11 is 0. The van der Waals surface area contributed by atoms with Gasteiger partial charge in [0.2, 0.25) is 5.82 Å². The average Bonchev–Trinajstić information content (AvgIpc) is 3.11. The summed E-state index contributed by atoms with van der Waals surface area (Å²) in [6.45, 7) is 2.33. The van der Waals surface area contributed by atoms with Crippen molar-refractivity contribution < 1.29 is 14.1 Å². The topological polar surface area (TPSA) is 114 Å². The van der Waals surface area contributed by atoms with Gasteiger partial charge in [0.25, 0.3) is 0 Å². The van der Waals surface area contributed by atoms with Crippen LogP contribution in [0.3, 0.4) is 0 Å². The number of benzene rings is 1. The number of nitrogens with zero attached hydrogens (tertiary/aromatic N) is 5. The fraction of sp³-hybridized carbons (Fsp3) is 0.158. The summed E-state index contributed by atoms with van der Waals surface area (Å²) in [7, 11) is 0. The van der Waals surface area contributed by atoms with Crippen molar-refractivity contribution in [3.05, 3.63) is 75.6 Å². The Balaban J connectivity index is 1.60. The van der Waals surface area contributed by atoms with Gasteiger partial charge in [-0.15, -0.1) is 0 Å². The zero-order valence-electron chi connectivity index (χ0n) is 15.3. The highest BCUT2D eigenvalue weighted by molar-refractivity contribution is 5.91. The Morgan fingerprint density at radius 3 is 2.66 bits per heavy atom. The van der Waals surface area contributed by atoms with Crippen LogP contribution in [0.5, 0.6) is 0 Å². The van der Waals surface area contributed by atoms with Crippen LogP contribution in [0.15, 0.2) is 42.6 Å². The fourth-order valence-electron chi connectivity index (χ4n) is 3.05. The van der Waals surface area contributed by atoms with Crippen LogP contribution in [-0.4, -0.2) is 30.8 Å². The third-order valence-electron chi connectivity index (χ3n) is 4.50. The first-order valence-corrected chi connectivity index (χ1v) is 8.69. The van der Waals surface area contributed by atoms with Crippen LogP contribution in [0.25, 0.3) is 11.3 Å². The van der Waals surface area contributed by atoms with Gasteiger partial charge in [-0.2, -0.15) is 0 Å². The molecule has 0 aliphatic carbocycles. The number of urea groups is 1. The van der Waals surface area contributed by atoms with Gasteiger partial charge in [0.15, 0.2) is 0 Å². The average molecular weight is 394 g/mol. The number of amides is 2. The molecule has 0 atom stereocenters. The number of carbonyl (C=O) groups excluding carboxylic acids is 1. The summed E-state index contributed by atoms with van der Waals surface area (Å²) in [5.41, 5.74) is 2.17. The van der Waals surface area contributed by atoms with Gasteiger partial charge in [-0.1, -0.05) is 0 Å². The lowest BCUT2D eigenvalue weighted by molar-refractivity contribution is -0.384. The van der Waals surface area contributed by atoms with Gasteiger partial charge in [0, 0.05) is 23.4 Å². The molecule has 0 spiro atoms. The zero-order valence-corrected chi connectivity index (χ0v) is 15.3. The number of aryl methyl sites for hydroxylation is 1. The molecule has 0 radical (unpaired) electrons. The number of anilines is 1. The lowest BCUT2D eigenvalue weighted by Crippen LogP contribution is -2.31. The Morgan fingerprint density at radius 1 is 1.17 bits per heavy atom. The van der Waals surface area contributed by atoms with Crippen molar-refractivity contribution in [3.63, 3.8) is 0 Å². The molecule has 2 amide bonds. The smallest absolute Gasteiger partial charge is 0.314 e. The minimum Gasteiger partial charge on any atom is -0.314 e. The number of nitrogens with one attached hydrogen (secondary N) is 1. The first-order chi connectivity index (χ1) is 13.9. The number of nitro groups is 1. The molecule has 0 saturated carbocycles. The van der Waals surface area contributed by atoms with E-state index in [-0.39, 0.29) is 18.1 Å². The van der Waals surface area contributed by atoms with Gasteiger partial charge >= 0.3 is 11.7 Å². The molecule has 0 fully saturated rings. The van der Waals surface area contributed by atoms with Gasteiger partial charge in [0.05, 0.1) is 29.4 Å². The number of pyridine rings is 1. The SMILES string of the molecule is Cc1ncc2c(n1)CN(C(=O)Nc1nc(-c3ccc(F)cc3)ccc1[N+](=O)[O-])C2. The zero-order chi connectivity index (χ0) is 20.5. The predicted molar refractivity (Wildman–Crippen MR) is 101 cm³/mol. The van der Waals surface area contributed by atoms with Crippen molar-refractivity contribution in [2.24, 2.45) is 0 Å². The maximum Gasteiger partial charge on any atom is 0.323 e. The van der Waals surface area contributed by atoms with Gasteiger partial charge in [-0.25, -0.2) is 24.1 Å². The lowest BCUT2D eigenvalue weighted by Gasteiger charge is -2.16. The number of hydrogen-bond acceptors (Lipinski definition) is 6. The lowest BCUT2D eigenvalue weighted by atomic mass is 10.1. The monoisotopic (exact) mass is 394 g/mol. The van der Waals surface area contributed by atoms with Crippen molar-refractivity contribution in [2.45, 2.75) is 20.0 Å². The highest BCUT2D eigenvalue weighted by Crippen LogP contribution is 2.28. The van der Waals surface area contributed by atoms with E-state index in [1.807, 2.05) is 0 Å². The molecule has 2 aromatic heterocycles. The van der Waals surface area contributed by atoms with E-state index in [4.69, 9.17) is 0 Å². The van der Waals surface area contributed by atoms with E-state index in [0.717, 1.165) is 11.3 Å². The molecule has 1 aliphatic heterocycles. The molecular weight excluding hydrogens is 379 g/mol. The molecule has 1 aliphatic rings. The van der Waals surface area contributed by atoms with Crippen LogP contribution in [0.2, 0.25) is 0 Å². The Hall–Kier alpha value is -3.95. The highest BCUT2D eigenvalue weighted by Gasteiger charge is 2.27. The van der Waals surface area contributed by atoms with Crippen LogP contribution >= 0.6 is 0 Å². The fourth-order valence-corrected chi connectivity index (χ4v) is 3.05. The third-order valence-corrected chi connectivity index (χ3v) is 4.50. The predicted octanol–water partition coefficient (Wildman–Crippen LogP) is 3.44. The van der Waals surface area contributed by atoms with Crippen LogP contribution in [0.4, 0.5) is 20.7 Å². The van der Waals surface area contributed by atoms with Crippen molar-refractivity contribution >= 4 is 17.5 Å². The van der Waals surface area contributed by atoms with E-state index >= 15 is 0 Å². The molecule has 146 valence electrons. The van der Waals surface area contributed by atoms with E-state index in [2.05, 4.69) is 20.3 Å². The van der Waals surface area contributed by atoms with Gasteiger partial charge in [0.1, 0.15) is 11.6 Å². The molecule has 29 heavy (non-hydrogen) atoms. The van der Waals surface area contributed by atoms with Gasteiger partial charge in [-0.3, -0.25) is 15.4 Å². The molecule has 0 saturated heterocycles. The van der Waals surface area contributed by atoms with E-state index in [0.29, 0.717) is 23.6 Å². The highest BCUT2D eigenvalue weighted by atomic mass is 19.1. The summed E-state index contributed by atoms with van der Waals surface area (Å²) in [4.78, 5) is 37.6. The van der Waals surface area contributed by atoms with Gasteiger partial charge in [-0.05, 0) is 37.3 Å². The summed E-state index contributed by atoms with van der Waals surface area (Å²) < 4.78 is 13.2. The number of halogens is 1. The Morgan fingerprint density at radius 2 is 1.93 bits per heavy atom. The number of carbonyl (C=O) groups is 1. The van der Waals surface area contributed by atoms with Crippen molar-refractivity contribution in [3.8, 4) is 11.3 Å². The largest absolute Gasteiger partial charge is 0.323 e. The molecule has 4 rings (SSSR count). The summed E-state index contributed by atoms with van der Waals surface area (Å²) in [5, 5.41) is 13.9. The van der Waals surface area contributed by atoms with Crippen LogP contribution in [0, 0.1) is 22.9 Å². The van der Waals surface area contributed by atoms with Gasteiger partial charge < -0.3 is 4.90 Å². The minimum atomic E-state index is -0.620. The van der Waals surface area contributed by atoms with E-state index in [1.54, 1.807) is 13.1 Å². The standard InChI is InChI=1S/C19H15FN6O3/c1-11-21-8-13-9-25(10-16(13)22-11)19(27)24-18-17(26(28)29)7-6-15(23-18)12-2-4-14(20)5-3-12/h2-8H,9-10H2,1H3,(H,23,24,27). The Labute approximate surface area is 164 Å². The maximum absolute atomic E-state index is 13.2. The summed E-state index contributed by atoms with van der Waals surface area (Å²) in [6, 6.07) is 7.72. The number of aromatic nitrogens is 3. The molecular formula is C19H15FN6O3. The molecule has 3 aromatic rings. The van der Waals surface area contributed by atoms with Crippen molar-refractivity contribution in [1.82, 2.24) is 19.9 Å².